The van der Waals surface area contributed by atoms with Crippen molar-refractivity contribution < 1.29 is 8.78 Å². The normalized spacial score (nSPS) is 12.1. The second kappa shape index (κ2) is 5.42. The molecule has 0 aliphatic heterocycles. The zero-order chi connectivity index (χ0) is 11.3. The molecule has 2 nitrogen and oxygen atoms in total. The molecule has 1 unspecified atom stereocenters. The van der Waals surface area contributed by atoms with Crippen LogP contribution in [-0.2, 0) is 0 Å². The van der Waals surface area contributed by atoms with E-state index >= 15 is 0 Å². The predicted octanol–water partition coefficient (Wildman–Crippen LogP) is 2.32. The summed E-state index contributed by atoms with van der Waals surface area (Å²) in [6, 6.07) is 5.83. The Labute approximate surface area is 87.5 Å². The van der Waals surface area contributed by atoms with E-state index < -0.39 is 12.5 Å². The first-order valence-corrected chi connectivity index (χ1v) is 4.67. The van der Waals surface area contributed by atoms with E-state index in [0.29, 0.717) is 5.56 Å². The average molecular weight is 210 g/mol. The summed E-state index contributed by atoms with van der Waals surface area (Å²) < 4.78 is 24.9. The van der Waals surface area contributed by atoms with Gasteiger partial charge in [-0.25, -0.2) is 8.78 Å². The molecule has 4 heteroatoms. The molecular formula is C11H12F2N2. The molecule has 1 rings (SSSR count). The number of halogens is 2. The van der Waals surface area contributed by atoms with Gasteiger partial charge in [0.25, 0.3) is 0 Å². The standard InChI is InChI=1S/C11H12F2N2/c1-8(15-3-2-12)10-4-9(7-14)5-11(13)6-10/h4-6,8,15H,2-3H2,1H3. The van der Waals surface area contributed by atoms with E-state index in [1.807, 2.05) is 6.07 Å². The predicted molar refractivity (Wildman–Crippen MR) is 53.5 cm³/mol. The van der Waals surface area contributed by atoms with Crippen LogP contribution < -0.4 is 5.32 Å². The van der Waals surface area contributed by atoms with Gasteiger partial charge in [0, 0.05) is 12.6 Å². The quantitative estimate of drug-likeness (QED) is 0.827. The van der Waals surface area contributed by atoms with Crippen molar-refractivity contribution in [2.75, 3.05) is 13.2 Å². The van der Waals surface area contributed by atoms with Gasteiger partial charge in [-0.05, 0) is 30.7 Å². The molecule has 1 aromatic carbocycles. The van der Waals surface area contributed by atoms with Gasteiger partial charge < -0.3 is 5.32 Å². The molecule has 0 saturated heterocycles. The number of rotatable bonds is 4. The van der Waals surface area contributed by atoms with E-state index in [2.05, 4.69) is 5.32 Å². The smallest absolute Gasteiger partial charge is 0.124 e. The number of hydrogen-bond acceptors (Lipinski definition) is 2. The molecule has 0 aliphatic carbocycles. The van der Waals surface area contributed by atoms with Crippen LogP contribution in [-0.4, -0.2) is 13.2 Å². The van der Waals surface area contributed by atoms with Gasteiger partial charge in [-0.3, -0.25) is 0 Å². The Bertz CT molecular complexity index is 371. The maximum Gasteiger partial charge on any atom is 0.124 e. The summed E-state index contributed by atoms with van der Waals surface area (Å²) in [7, 11) is 0. The molecule has 0 amide bonds. The van der Waals surface area contributed by atoms with Crippen LogP contribution in [0.1, 0.15) is 24.1 Å². The highest BCUT2D eigenvalue weighted by molar-refractivity contribution is 5.34. The number of nitrogens with zero attached hydrogens (tertiary/aromatic N) is 1. The number of benzene rings is 1. The fourth-order valence-electron chi connectivity index (χ4n) is 1.32. The second-order valence-electron chi connectivity index (χ2n) is 3.25. The lowest BCUT2D eigenvalue weighted by molar-refractivity contribution is 0.443. The Morgan fingerprint density at radius 2 is 2.20 bits per heavy atom. The zero-order valence-electron chi connectivity index (χ0n) is 8.43. The van der Waals surface area contributed by atoms with Crippen LogP contribution in [0, 0.1) is 17.1 Å². The number of alkyl halides is 1. The molecule has 0 aliphatic rings. The topological polar surface area (TPSA) is 35.8 Å². The van der Waals surface area contributed by atoms with Crippen molar-refractivity contribution in [1.82, 2.24) is 5.32 Å². The van der Waals surface area contributed by atoms with Crippen molar-refractivity contribution in [2.24, 2.45) is 0 Å². The van der Waals surface area contributed by atoms with Crippen LogP contribution >= 0.6 is 0 Å². The first-order chi connectivity index (χ1) is 7.17. The molecule has 0 saturated carbocycles. The van der Waals surface area contributed by atoms with Crippen LogP contribution in [0.15, 0.2) is 18.2 Å². The third-order valence-corrected chi connectivity index (χ3v) is 2.09. The van der Waals surface area contributed by atoms with E-state index in [0.717, 1.165) is 0 Å². The van der Waals surface area contributed by atoms with Gasteiger partial charge in [0.1, 0.15) is 12.5 Å². The SMILES string of the molecule is CC(NCCF)c1cc(F)cc(C#N)c1. The van der Waals surface area contributed by atoms with Crippen molar-refractivity contribution >= 4 is 0 Å². The van der Waals surface area contributed by atoms with Crippen molar-refractivity contribution in [1.29, 1.82) is 5.26 Å². The van der Waals surface area contributed by atoms with E-state index in [1.54, 1.807) is 13.0 Å². The third kappa shape index (κ3) is 3.30. The summed E-state index contributed by atoms with van der Waals surface area (Å²) in [5, 5.41) is 11.5. The Morgan fingerprint density at radius 1 is 1.47 bits per heavy atom. The summed E-state index contributed by atoms with van der Waals surface area (Å²) >= 11 is 0. The first kappa shape index (κ1) is 11.6. The molecule has 0 bridgehead atoms. The largest absolute Gasteiger partial charge is 0.308 e. The zero-order valence-corrected chi connectivity index (χ0v) is 8.43. The minimum atomic E-state index is -0.467. The average Bonchev–Trinajstić information content (AvgIpc) is 2.24. The van der Waals surface area contributed by atoms with Gasteiger partial charge in [-0.15, -0.1) is 0 Å². The first-order valence-electron chi connectivity index (χ1n) is 4.67. The molecule has 1 N–H and O–H groups in total. The van der Waals surface area contributed by atoms with E-state index in [4.69, 9.17) is 5.26 Å². The highest BCUT2D eigenvalue weighted by Gasteiger charge is 2.07. The minimum absolute atomic E-state index is 0.163. The molecule has 0 fully saturated rings. The molecule has 1 atom stereocenters. The van der Waals surface area contributed by atoms with Crippen LogP contribution in [0.25, 0.3) is 0 Å². The van der Waals surface area contributed by atoms with Crippen LogP contribution in [0.5, 0.6) is 0 Å². The molecule has 1 aromatic rings. The van der Waals surface area contributed by atoms with E-state index in [1.165, 1.54) is 12.1 Å². The van der Waals surface area contributed by atoms with E-state index in [9.17, 15) is 8.78 Å². The Kier molecular flexibility index (Phi) is 4.19. The summed E-state index contributed by atoms with van der Waals surface area (Å²) in [6.45, 7) is 1.55. The lowest BCUT2D eigenvalue weighted by Gasteiger charge is -2.13. The Morgan fingerprint density at radius 3 is 2.80 bits per heavy atom. The molecule has 0 radical (unpaired) electrons. The van der Waals surface area contributed by atoms with Gasteiger partial charge >= 0.3 is 0 Å². The van der Waals surface area contributed by atoms with Gasteiger partial charge in [-0.2, -0.15) is 5.26 Å². The van der Waals surface area contributed by atoms with Crippen LogP contribution in [0.2, 0.25) is 0 Å². The summed E-state index contributed by atoms with van der Waals surface area (Å²) in [5.74, 6) is -0.446. The lowest BCUT2D eigenvalue weighted by atomic mass is 10.1. The van der Waals surface area contributed by atoms with Gasteiger partial charge in [0.05, 0.1) is 11.6 Å². The van der Waals surface area contributed by atoms with Gasteiger partial charge in [0.15, 0.2) is 0 Å². The summed E-state index contributed by atoms with van der Waals surface area (Å²) in [6.07, 6.45) is 0. The highest BCUT2D eigenvalue weighted by atomic mass is 19.1. The summed E-state index contributed by atoms with van der Waals surface area (Å²) in [5.41, 5.74) is 0.930. The van der Waals surface area contributed by atoms with Gasteiger partial charge in [-0.1, -0.05) is 0 Å². The van der Waals surface area contributed by atoms with Crippen molar-refractivity contribution in [3.8, 4) is 6.07 Å². The van der Waals surface area contributed by atoms with Gasteiger partial charge in [0.2, 0.25) is 0 Å². The van der Waals surface area contributed by atoms with Crippen molar-refractivity contribution in [3.63, 3.8) is 0 Å². The molecule has 0 aromatic heterocycles. The lowest BCUT2D eigenvalue weighted by Crippen LogP contribution is -2.21. The monoisotopic (exact) mass is 210 g/mol. The fraction of sp³-hybridized carbons (Fsp3) is 0.364. The highest BCUT2D eigenvalue weighted by Crippen LogP contribution is 2.15. The number of nitrogens with one attached hydrogen (secondary N) is 1. The van der Waals surface area contributed by atoms with Crippen molar-refractivity contribution in [2.45, 2.75) is 13.0 Å². The van der Waals surface area contributed by atoms with Crippen molar-refractivity contribution in [3.05, 3.63) is 35.1 Å². The molecule has 15 heavy (non-hydrogen) atoms. The summed E-state index contributed by atoms with van der Waals surface area (Å²) in [4.78, 5) is 0. The Hall–Kier alpha value is -1.47. The van der Waals surface area contributed by atoms with Crippen LogP contribution in [0.4, 0.5) is 8.78 Å². The maximum absolute atomic E-state index is 13.0. The minimum Gasteiger partial charge on any atom is -0.308 e. The third-order valence-electron chi connectivity index (χ3n) is 2.09. The van der Waals surface area contributed by atoms with E-state index in [-0.39, 0.29) is 18.2 Å². The molecular weight excluding hydrogens is 198 g/mol. The molecule has 0 spiro atoms. The number of nitriles is 1. The Balaban J connectivity index is 2.84. The van der Waals surface area contributed by atoms with Crippen LogP contribution in [0.3, 0.4) is 0 Å². The number of hydrogen-bond donors (Lipinski definition) is 1. The molecule has 0 heterocycles. The second-order valence-corrected chi connectivity index (χ2v) is 3.25. The fourth-order valence-corrected chi connectivity index (χ4v) is 1.32. The maximum atomic E-state index is 13.0. The molecule has 80 valence electrons.